The Hall–Kier alpha value is -2.37. The largest absolute Gasteiger partial charge is 0.325 e. The summed E-state index contributed by atoms with van der Waals surface area (Å²) in [4.78, 5) is 38.2. The summed E-state index contributed by atoms with van der Waals surface area (Å²) < 4.78 is 0. The average molecular weight is 373 g/mol. The van der Waals surface area contributed by atoms with Gasteiger partial charge in [0, 0.05) is 5.69 Å². The quantitative estimate of drug-likeness (QED) is 0.507. The van der Waals surface area contributed by atoms with Gasteiger partial charge in [-0.25, -0.2) is 4.79 Å². The molecule has 0 unspecified atom stereocenters. The second-order valence-electron chi connectivity index (χ2n) is 7.79. The molecule has 1 aromatic rings. The molecule has 0 saturated carbocycles. The number of amides is 4. The van der Waals surface area contributed by atoms with Crippen molar-refractivity contribution in [2.45, 2.75) is 71.3 Å². The minimum Gasteiger partial charge on any atom is -0.325 e. The Labute approximate surface area is 161 Å². The van der Waals surface area contributed by atoms with Gasteiger partial charge in [0.15, 0.2) is 0 Å². The molecule has 2 N–H and O–H groups in total. The number of hydrogen-bond acceptors (Lipinski definition) is 3. The van der Waals surface area contributed by atoms with Crippen LogP contribution in [0.15, 0.2) is 24.3 Å². The molecular formula is C21H31N3O3. The van der Waals surface area contributed by atoms with Crippen molar-refractivity contribution in [3.8, 4) is 0 Å². The summed E-state index contributed by atoms with van der Waals surface area (Å²) in [5.74, 6) is -0.295. The molecule has 0 aliphatic carbocycles. The number of benzene rings is 1. The highest BCUT2D eigenvalue weighted by atomic mass is 16.2. The van der Waals surface area contributed by atoms with E-state index in [9.17, 15) is 14.4 Å². The van der Waals surface area contributed by atoms with E-state index in [-0.39, 0.29) is 18.4 Å². The molecule has 1 aliphatic rings. The maximum absolute atomic E-state index is 12.7. The Kier molecular flexibility index (Phi) is 6.99. The number of nitrogens with zero attached hydrogens (tertiary/aromatic N) is 1. The maximum Gasteiger partial charge on any atom is 0.325 e. The fraction of sp³-hybridized carbons (Fsp3) is 0.571. The van der Waals surface area contributed by atoms with Crippen molar-refractivity contribution in [3.05, 3.63) is 29.8 Å². The molecule has 1 aromatic carbocycles. The summed E-state index contributed by atoms with van der Waals surface area (Å²) in [6, 6.07) is 7.08. The van der Waals surface area contributed by atoms with Crippen LogP contribution in [0.3, 0.4) is 0 Å². The lowest BCUT2D eigenvalue weighted by atomic mass is 9.94. The van der Waals surface area contributed by atoms with Crippen LogP contribution in [0.4, 0.5) is 10.5 Å². The fourth-order valence-corrected chi connectivity index (χ4v) is 3.26. The number of imide groups is 1. The van der Waals surface area contributed by atoms with Gasteiger partial charge in [0.1, 0.15) is 12.1 Å². The van der Waals surface area contributed by atoms with Gasteiger partial charge in [0.2, 0.25) is 5.91 Å². The van der Waals surface area contributed by atoms with Gasteiger partial charge in [0.05, 0.1) is 0 Å². The molecule has 27 heavy (non-hydrogen) atoms. The molecule has 1 heterocycles. The normalized spacial score (nSPS) is 19.5. The second kappa shape index (κ2) is 9.02. The molecule has 6 nitrogen and oxygen atoms in total. The predicted molar refractivity (Wildman–Crippen MR) is 107 cm³/mol. The van der Waals surface area contributed by atoms with E-state index < -0.39 is 11.6 Å². The lowest BCUT2D eigenvalue weighted by Gasteiger charge is -2.21. The molecule has 0 radical (unpaired) electrons. The molecule has 6 heteroatoms. The van der Waals surface area contributed by atoms with Crippen molar-refractivity contribution < 1.29 is 14.4 Å². The molecule has 1 atom stereocenters. The zero-order chi connectivity index (χ0) is 20.0. The molecule has 0 aromatic heterocycles. The van der Waals surface area contributed by atoms with E-state index in [1.165, 1.54) is 5.56 Å². The molecule has 1 aliphatic heterocycles. The molecule has 0 bridgehead atoms. The van der Waals surface area contributed by atoms with E-state index in [0.29, 0.717) is 18.0 Å². The van der Waals surface area contributed by atoms with Crippen LogP contribution in [-0.2, 0) is 9.59 Å². The van der Waals surface area contributed by atoms with E-state index in [2.05, 4.69) is 31.4 Å². The van der Waals surface area contributed by atoms with E-state index >= 15 is 0 Å². The van der Waals surface area contributed by atoms with Crippen LogP contribution >= 0.6 is 0 Å². The van der Waals surface area contributed by atoms with Gasteiger partial charge in [0.25, 0.3) is 5.91 Å². The molecule has 2 rings (SSSR count). The number of nitrogens with one attached hydrogen (secondary N) is 2. The Bertz CT molecular complexity index is 684. The maximum atomic E-state index is 12.7. The summed E-state index contributed by atoms with van der Waals surface area (Å²) in [7, 11) is 0. The van der Waals surface area contributed by atoms with Crippen molar-refractivity contribution in [3.63, 3.8) is 0 Å². The first-order chi connectivity index (χ1) is 12.8. The van der Waals surface area contributed by atoms with Gasteiger partial charge < -0.3 is 10.6 Å². The zero-order valence-corrected chi connectivity index (χ0v) is 16.8. The van der Waals surface area contributed by atoms with Gasteiger partial charge in [-0.05, 0) is 37.0 Å². The number of hydrogen-bond donors (Lipinski definition) is 2. The number of carbonyl (C=O) groups is 3. The Morgan fingerprint density at radius 3 is 2.41 bits per heavy atom. The number of urea groups is 1. The van der Waals surface area contributed by atoms with Gasteiger partial charge in [-0.15, -0.1) is 0 Å². The number of anilines is 1. The molecular weight excluding hydrogens is 342 g/mol. The van der Waals surface area contributed by atoms with Gasteiger partial charge in [-0.3, -0.25) is 14.5 Å². The van der Waals surface area contributed by atoms with E-state index in [4.69, 9.17) is 0 Å². The standard InChI is InChI=1S/C21H31N3O3/c1-5-6-7-8-13-21(4)19(26)24(20(27)23-21)14-18(25)22-17-11-9-16(10-12-17)15(2)3/h9-12,15H,5-8,13-14H2,1-4H3,(H,22,25)(H,23,27)/t21-/m1/s1. The lowest BCUT2D eigenvalue weighted by molar-refractivity contribution is -0.133. The van der Waals surface area contributed by atoms with E-state index in [0.717, 1.165) is 30.6 Å². The van der Waals surface area contributed by atoms with Crippen molar-refractivity contribution >= 4 is 23.5 Å². The van der Waals surface area contributed by atoms with E-state index in [1.807, 2.05) is 24.3 Å². The third-order valence-corrected chi connectivity index (χ3v) is 5.04. The molecule has 148 valence electrons. The average Bonchev–Trinajstić information content (AvgIpc) is 2.83. The zero-order valence-electron chi connectivity index (χ0n) is 16.8. The predicted octanol–water partition coefficient (Wildman–Crippen LogP) is 4.03. The molecule has 1 saturated heterocycles. The summed E-state index contributed by atoms with van der Waals surface area (Å²) in [5, 5.41) is 5.50. The lowest BCUT2D eigenvalue weighted by Crippen LogP contribution is -2.44. The van der Waals surface area contributed by atoms with Crippen LogP contribution in [0, 0.1) is 0 Å². The topological polar surface area (TPSA) is 78.5 Å². The highest BCUT2D eigenvalue weighted by molar-refractivity contribution is 6.09. The fourth-order valence-electron chi connectivity index (χ4n) is 3.26. The van der Waals surface area contributed by atoms with Crippen LogP contribution in [0.5, 0.6) is 0 Å². The highest BCUT2D eigenvalue weighted by Gasteiger charge is 2.47. The number of unbranched alkanes of at least 4 members (excludes halogenated alkanes) is 3. The first kappa shape index (κ1) is 20.9. The molecule has 4 amide bonds. The van der Waals surface area contributed by atoms with Crippen LogP contribution in [0.2, 0.25) is 0 Å². The third-order valence-electron chi connectivity index (χ3n) is 5.04. The first-order valence-corrected chi connectivity index (χ1v) is 9.80. The Balaban J connectivity index is 1.92. The van der Waals surface area contributed by atoms with Crippen molar-refractivity contribution in [1.29, 1.82) is 0 Å². The summed E-state index contributed by atoms with van der Waals surface area (Å²) in [5.41, 5.74) is 0.920. The SMILES string of the molecule is CCCCCC[C@@]1(C)NC(=O)N(CC(=O)Nc2ccc(C(C)C)cc2)C1=O. The van der Waals surface area contributed by atoms with Crippen LogP contribution in [-0.4, -0.2) is 34.8 Å². The van der Waals surface area contributed by atoms with Gasteiger partial charge in [-0.1, -0.05) is 58.6 Å². The van der Waals surface area contributed by atoms with Gasteiger partial charge >= 0.3 is 6.03 Å². The smallest absolute Gasteiger partial charge is 0.325 e. The second-order valence-corrected chi connectivity index (χ2v) is 7.79. The number of carbonyl (C=O) groups excluding carboxylic acids is 3. The monoisotopic (exact) mass is 373 g/mol. The minimum atomic E-state index is -0.913. The van der Waals surface area contributed by atoms with Crippen LogP contribution in [0.25, 0.3) is 0 Å². The van der Waals surface area contributed by atoms with Gasteiger partial charge in [-0.2, -0.15) is 0 Å². The summed E-state index contributed by atoms with van der Waals surface area (Å²) in [6.45, 7) is 7.79. The van der Waals surface area contributed by atoms with Crippen molar-refractivity contribution in [2.24, 2.45) is 0 Å². The van der Waals surface area contributed by atoms with E-state index in [1.54, 1.807) is 6.92 Å². The minimum absolute atomic E-state index is 0.277. The van der Waals surface area contributed by atoms with Crippen molar-refractivity contribution in [2.75, 3.05) is 11.9 Å². The first-order valence-electron chi connectivity index (χ1n) is 9.80. The van der Waals surface area contributed by atoms with Crippen molar-refractivity contribution in [1.82, 2.24) is 10.2 Å². The Morgan fingerprint density at radius 1 is 1.15 bits per heavy atom. The molecule has 0 spiro atoms. The third kappa shape index (κ3) is 5.31. The molecule has 1 fully saturated rings. The summed E-state index contributed by atoms with van der Waals surface area (Å²) in [6.07, 6.45) is 4.72. The van der Waals surface area contributed by atoms with Crippen LogP contribution < -0.4 is 10.6 Å². The number of rotatable bonds is 9. The Morgan fingerprint density at radius 2 is 1.81 bits per heavy atom. The summed E-state index contributed by atoms with van der Waals surface area (Å²) >= 11 is 0. The highest BCUT2D eigenvalue weighted by Crippen LogP contribution is 2.24. The van der Waals surface area contributed by atoms with Crippen LogP contribution in [0.1, 0.15) is 71.3 Å².